The van der Waals surface area contributed by atoms with Crippen LogP contribution in [0.2, 0.25) is 0 Å². The minimum atomic E-state index is -0.917. The highest BCUT2D eigenvalue weighted by atomic mass is 79.9. The predicted octanol–water partition coefficient (Wildman–Crippen LogP) is 2.52. The quantitative estimate of drug-likeness (QED) is 0.784. The van der Waals surface area contributed by atoms with Crippen molar-refractivity contribution in [3.8, 4) is 0 Å². The Labute approximate surface area is 88.8 Å². The number of nitroso groups, excluding NO2 is 1. The number of nitrogens with zero attached hydrogens (tertiary/aromatic N) is 1. The number of hydrogen-bond acceptors (Lipinski definition) is 3. The molecule has 1 aliphatic heterocycles. The van der Waals surface area contributed by atoms with E-state index in [0.29, 0.717) is 11.3 Å². The van der Waals surface area contributed by atoms with Crippen LogP contribution in [0.4, 0.5) is 5.69 Å². The van der Waals surface area contributed by atoms with Crippen molar-refractivity contribution >= 4 is 27.5 Å². The average molecular weight is 255 g/mol. The summed E-state index contributed by atoms with van der Waals surface area (Å²) in [5, 5.41) is 5.42. The monoisotopic (exact) mass is 254 g/mol. The highest BCUT2D eigenvalue weighted by Gasteiger charge is 2.33. The zero-order valence-electron chi connectivity index (χ0n) is 7.37. The number of amides is 1. The topological polar surface area (TPSA) is 58.5 Å². The van der Waals surface area contributed by atoms with E-state index in [1.807, 2.05) is 13.0 Å². The third-order valence-electron chi connectivity index (χ3n) is 2.26. The summed E-state index contributed by atoms with van der Waals surface area (Å²) in [7, 11) is 0. The van der Waals surface area contributed by atoms with Gasteiger partial charge in [-0.1, -0.05) is 27.2 Å². The van der Waals surface area contributed by atoms with Crippen LogP contribution in [0.1, 0.15) is 17.2 Å². The Morgan fingerprint density at radius 2 is 2.21 bits per heavy atom. The summed E-state index contributed by atoms with van der Waals surface area (Å²) >= 11 is 3.35. The minimum absolute atomic E-state index is 0.360. The molecule has 1 amide bonds. The molecule has 5 heteroatoms. The first kappa shape index (κ1) is 9.33. The second kappa shape index (κ2) is 3.16. The van der Waals surface area contributed by atoms with Gasteiger partial charge >= 0.3 is 0 Å². The van der Waals surface area contributed by atoms with E-state index in [4.69, 9.17) is 0 Å². The third-order valence-corrected chi connectivity index (χ3v) is 3.31. The number of rotatable bonds is 1. The van der Waals surface area contributed by atoms with Gasteiger partial charge in [0.2, 0.25) is 0 Å². The molecule has 1 aromatic carbocycles. The minimum Gasteiger partial charge on any atom is -0.323 e. The maximum absolute atomic E-state index is 11.3. The van der Waals surface area contributed by atoms with Crippen molar-refractivity contribution in [1.29, 1.82) is 0 Å². The first-order valence-electron chi connectivity index (χ1n) is 4.07. The normalized spacial score (nSPS) is 19.0. The van der Waals surface area contributed by atoms with Crippen molar-refractivity contribution in [3.05, 3.63) is 32.6 Å². The summed E-state index contributed by atoms with van der Waals surface area (Å²) in [5.74, 6) is -0.360. The Hall–Kier alpha value is -1.23. The first-order chi connectivity index (χ1) is 6.65. The standard InChI is InChI=1S/C9H7BrN2O2/c1-4-2-3-5-6(7(4)10)8(12-14)9(13)11-5/h2-3,8H,1H3,(H,11,13). The Balaban J connectivity index is 2.66. The summed E-state index contributed by atoms with van der Waals surface area (Å²) in [6, 6.07) is 2.73. The van der Waals surface area contributed by atoms with Crippen LogP contribution in [-0.4, -0.2) is 5.91 Å². The molecule has 1 heterocycles. The van der Waals surface area contributed by atoms with E-state index in [0.717, 1.165) is 10.0 Å². The van der Waals surface area contributed by atoms with Gasteiger partial charge in [-0.3, -0.25) is 4.79 Å². The van der Waals surface area contributed by atoms with Gasteiger partial charge in [-0.15, -0.1) is 4.91 Å². The van der Waals surface area contributed by atoms with Crippen LogP contribution >= 0.6 is 15.9 Å². The second-order valence-electron chi connectivity index (χ2n) is 3.15. The van der Waals surface area contributed by atoms with Gasteiger partial charge in [0, 0.05) is 15.7 Å². The van der Waals surface area contributed by atoms with E-state index in [1.165, 1.54) is 0 Å². The Bertz CT molecular complexity index is 431. The van der Waals surface area contributed by atoms with Crippen LogP contribution in [-0.2, 0) is 4.79 Å². The Morgan fingerprint density at radius 1 is 1.50 bits per heavy atom. The average Bonchev–Trinajstić information content (AvgIpc) is 2.48. The molecule has 1 N–H and O–H groups in total. The van der Waals surface area contributed by atoms with Crippen molar-refractivity contribution in [2.75, 3.05) is 5.32 Å². The number of carbonyl (C=O) groups is 1. The molecule has 1 aliphatic rings. The van der Waals surface area contributed by atoms with Crippen LogP contribution in [0.3, 0.4) is 0 Å². The molecule has 72 valence electrons. The van der Waals surface area contributed by atoms with E-state index >= 15 is 0 Å². The number of carbonyl (C=O) groups excluding carboxylic acids is 1. The number of halogens is 1. The maximum Gasteiger partial charge on any atom is 0.257 e. The van der Waals surface area contributed by atoms with Crippen LogP contribution in [0.25, 0.3) is 0 Å². The molecule has 0 fully saturated rings. The number of hydrogen-bond donors (Lipinski definition) is 1. The lowest BCUT2D eigenvalue weighted by Crippen LogP contribution is -2.09. The lowest BCUT2D eigenvalue weighted by molar-refractivity contribution is -0.116. The number of benzene rings is 1. The molecule has 0 saturated heterocycles. The molecule has 0 saturated carbocycles. The van der Waals surface area contributed by atoms with Gasteiger partial charge in [0.15, 0.2) is 6.04 Å². The first-order valence-corrected chi connectivity index (χ1v) is 4.86. The number of nitrogens with one attached hydrogen (secondary N) is 1. The van der Waals surface area contributed by atoms with Crippen molar-refractivity contribution < 1.29 is 4.79 Å². The smallest absolute Gasteiger partial charge is 0.257 e. The number of fused-ring (bicyclic) bond motifs is 1. The van der Waals surface area contributed by atoms with Gasteiger partial charge in [0.25, 0.3) is 5.91 Å². The molecule has 1 aromatic rings. The second-order valence-corrected chi connectivity index (χ2v) is 3.95. The lowest BCUT2D eigenvalue weighted by atomic mass is 10.1. The SMILES string of the molecule is Cc1ccc2c(c1Br)C(N=O)C(=O)N2. The summed E-state index contributed by atoms with van der Waals surface area (Å²) in [6.45, 7) is 1.90. The highest BCUT2D eigenvalue weighted by molar-refractivity contribution is 9.10. The van der Waals surface area contributed by atoms with Gasteiger partial charge in [-0.05, 0) is 18.6 Å². The summed E-state index contributed by atoms with van der Waals surface area (Å²) < 4.78 is 0.776. The van der Waals surface area contributed by atoms with Gasteiger partial charge in [0.05, 0.1) is 0 Å². The predicted molar refractivity (Wildman–Crippen MR) is 56.0 cm³/mol. The molecule has 4 nitrogen and oxygen atoms in total. The molecule has 1 unspecified atom stereocenters. The van der Waals surface area contributed by atoms with Crippen molar-refractivity contribution in [2.24, 2.45) is 5.18 Å². The zero-order valence-corrected chi connectivity index (χ0v) is 8.96. The zero-order chi connectivity index (χ0) is 10.3. The Kier molecular flexibility index (Phi) is 2.11. The largest absolute Gasteiger partial charge is 0.323 e. The Morgan fingerprint density at radius 3 is 2.86 bits per heavy atom. The third kappa shape index (κ3) is 1.16. The molecule has 0 aliphatic carbocycles. The fourth-order valence-electron chi connectivity index (χ4n) is 1.51. The molecule has 0 spiro atoms. The molecule has 0 bridgehead atoms. The summed E-state index contributed by atoms with van der Waals surface area (Å²) in [4.78, 5) is 21.8. The lowest BCUT2D eigenvalue weighted by Gasteiger charge is -2.05. The van der Waals surface area contributed by atoms with Crippen LogP contribution in [0.5, 0.6) is 0 Å². The molecular formula is C9H7BrN2O2. The fraction of sp³-hybridized carbons (Fsp3) is 0.222. The maximum atomic E-state index is 11.3. The van der Waals surface area contributed by atoms with Gasteiger partial charge in [-0.25, -0.2) is 0 Å². The molecular weight excluding hydrogens is 248 g/mol. The summed E-state index contributed by atoms with van der Waals surface area (Å²) in [6.07, 6.45) is 0. The van der Waals surface area contributed by atoms with Crippen LogP contribution in [0.15, 0.2) is 21.8 Å². The van der Waals surface area contributed by atoms with E-state index in [1.54, 1.807) is 6.07 Å². The molecule has 0 radical (unpaired) electrons. The van der Waals surface area contributed by atoms with Gasteiger partial charge in [0.1, 0.15) is 0 Å². The van der Waals surface area contributed by atoms with Crippen molar-refractivity contribution in [1.82, 2.24) is 0 Å². The van der Waals surface area contributed by atoms with Gasteiger partial charge < -0.3 is 5.32 Å². The van der Waals surface area contributed by atoms with E-state index in [9.17, 15) is 9.70 Å². The number of aryl methyl sites for hydroxylation is 1. The van der Waals surface area contributed by atoms with Crippen LogP contribution in [0, 0.1) is 11.8 Å². The molecule has 1 atom stereocenters. The van der Waals surface area contributed by atoms with E-state index in [2.05, 4.69) is 26.4 Å². The fourth-order valence-corrected chi connectivity index (χ4v) is 2.07. The summed E-state index contributed by atoms with van der Waals surface area (Å²) in [5.41, 5.74) is 2.29. The molecule has 2 rings (SSSR count). The number of anilines is 1. The van der Waals surface area contributed by atoms with Crippen LogP contribution < -0.4 is 5.32 Å². The highest BCUT2D eigenvalue weighted by Crippen LogP contribution is 2.39. The van der Waals surface area contributed by atoms with E-state index < -0.39 is 6.04 Å². The molecule has 14 heavy (non-hydrogen) atoms. The van der Waals surface area contributed by atoms with E-state index in [-0.39, 0.29) is 5.91 Å². The van der Waals surface area contributed by atoms with Crippen molar-refractivity contribution in [3.63, 3.8) is 0 Å². The van der Waals surface area contributed by atoms with Gasteiger partial charge in [-0.2, -0.15) is 0 Å². The molecule has 0 aromatic heterocycles. The van der Waals surface area contributed by atoms with Crippen molar-refractivity contribution in [2.45, 2.75) is 13.0 Å².